The third-order valence-corrected chi connectivity index (χ3v) is 5.99. The smallest absolute Gasteiger partial charge is 0.0364 e. The first kappa shape index (κ1) is 20.4. The molecule has 3 aromatic carbocycles. The Labute approximate surface area is 174 Å². The van der Waals surface area contributed by atoms with Gasteiger partial charge in [0, 0.05) is 32.2 Å². The Morgan fingerprint density at radius 2 is 1.41 bits per heavy atom. The Morgan fingerprint density at radius 1 is 0.852 bits per heavy atom. The topological polar surface area (TPSA) is 15.3 Å². The summed E-state index contributed by atoms with van der Waals surface area (Å²) in [4.78, 5) is 2.74. The van der Waals surface area contributed by atoms with Gasteiger partial charge in [0.1, 0.15) is 0 Å². The van der Waals surface area contributed by atoms with Crippen molar-refractivity contribution >= 4 is 46.4 Å². The summed E-state index contributed by atoms with van der Waals surface area (Å²) in [7, 11) is 0. The van der Waals surface area contributed by atoms with Crippen molar-refractivity contribution in [3.05, 3.63) is 60.2 Å². The number of halogens is 2. The molecule has 1 atom stereocenters. The minimum Gasteiger partial charge on any atom is -0.314 e. The largest absolute Gasteiger partial charge is 0.314 e. The zero-order valence-electron chi connectivity index (χ0n) is 15.6. The molecule has 1 aliphatic carbocycles. The number of hydrogen-bond acceptors (Lipinski definition) is 2. The highest BCUT2D eigenvalue weighted by Crippen LogP contribution is 2.44. The molecule has 0 amide bonds. The fourth-order valence-corrected chi connectivity index (χ4v) is 4.52. The van der Waals surface area contributed by atoms with Gasteiger partial charge in [-0.15, -0.1) is 24.8 Å². The maximum atomic E-state index is 3.52. The van der Waals surface area contributed by atoms with Gasteiger partial charge in [-0.05, 0) is 45.5 Å². The molecule has 4 heteroatoms. The molecule has 2 fully saturated rings. The van der Waals surface area contributed by atoms with Crippen LogP contribution in [0.25, 0.3) is 21.5 Å². The second-order valence-corrected chi connectivity index (χ2v) is 7.71. The summed E-state index contributed by atoms with van der Waals surface area (Å²) in [6.45, 7) is 4.55. The van der Waals surface area contributed by atoms with Gasteiger partial charge < -0.3 is 5.32 Å². The van der Waals surface area contributed by atoms with Crippen LogP contribution in [0.1, 0.15) is 30.9 Å². The molecule has 1 aliphatic heterocycles. The Hall–Kier alpha value is -1.32. The summed E-state index contributed by atoms with van der Waals surface area (Å²) in [5.41, 5.74) is 1.57. The molecule has 27 heavy (non-hydrogen) atoms. The van der Waals surface area contributed by atoms with Gasteiger partial charge in [-0.1, -0.05) is 61.4 Å². The molecule has 3 aromatic rings. The van der Waals surface area contributed by atoms with Crippen LogP contribution in [0.15, 0.2) is 54.6 Å². The van der Waals surface area contributed by atoms with E-state index in [9.17, 15) is 0 Å². The molecule has 144 valence electrons. The Kier molecular flexibility index (Phi) is 6.65. The lowest BCUT2D eigenvalue weighted by Crippen LogP contribution is -2.45. The fraction of sp³-hybridized carbons (Fsp3) is 0.391. The monoisotopic (exact) mass is 402 g/mol. The summed E-state index contributed by atoms with van der Waals surface area (Å²) in [5, 5.41) is 9.18. The van der Waals surface area contributed by atoms with Gasteiger partial charge in [-0.3, -0.25) is 4.90 Å². The highest BCUT2D eigenvalue weighted by molar-refractivity contribution is 6.02. The molecular weight excluding hydrogens is 375 g/mol. The first-order valence-corrected chi connectivity index (χ1v) is 9.75. The zero-order valence-corrected chi connectivity index (χ0v) is 17.2. The molecule has 0 unspecified atom stereocenters. The standard InChI is InChI=1S/C23H26N2.2ClH/c1-3-7-20-18(5-1)16-19-6-2-4-8-21(19)23(20)22(15-17-9-10-17)25-13-11-24-12-14-25;;/h1-8,16-17,22,24H,9-15H2;2*1H/t22-;;/m1../s1. The number of nitrogens with one attached hydrogen (secondary N) is 1. The quantitative estimate of drug-likeness (QED) is 0.572. The molecule has 2 nitrogen and oxygen atoms in total. The van der Waals surface area contributed by atoms with Crippen LogP contribution in [0.5, 0.6) is 0 Å². The molecule has 0 aromatic heterocycles. The van der Waals surface area contributed by atoms with Crippen molar-refractivity contribution in [2.45, 2.75) is 25.3 Å². The second-order valence-electron chi connectivity index (χ2n) is 7.71. The Morgan fingerprint density at radius 3 is 1.96 bits per heavy atom. The summed E-state index contributed by atoms with van der Waals surface area (Å²) in [5.74, 6) is 0.928. The fourth-order valence-electron chi connectivity index (χ4n) is 4.52. The van der Waals surface area contributed by atoms with Gasteiger partial charge in [-0.25, -0.2) is 0 Å². The van der Waals surface area contributed by atoms with Crippen LogP contribution in [0.4, 0.5) is 0 Å². The molecular formula is C23H28Cl2N2. The van der Waals surface area contributed by atoms with Crippen LogP contribution < -0.4 is 5.32 Å². The van der Waals surface area contributed by atoms with Crippen molar-refractivity contribution in [2.75, 3.05) is 26.2 Å². The van der Waals surface area contributed by atoms with Gasteiger partial charge in [0.15, 0.2) is 0 Å². The number of fused-ring (bicyclic) bond motifs is 2. The molecule has 1 saturated heterocycles. The first-order valence-electron chi connectivity index (χ1n) is 9.75. The van der Waals surface area contributed by atoms with Crippen molar-refractivity contribution in [3.8, 4) is 0 Å². The van der Waals surface area contributed by atoms with E-state index in [1.165, 1.54) is 40.8 Å². The highest BCUT2D eigenvalue weighted by atomic mass is 35.5. The van der Waals surface area contributed by atoms with Gasteiger partial charge >= 0.3 is 0 Å². The van der Waals surface area contributed by atoms with Gasteiger partial charge in [0.25, 0.3) is 0 Å². The van der Waals surface area contributed by atoms with Crippen molar-refractivity contribution in [3.63, 3.8) is 0 Å². The Balaban J connectivity index is 0.00000105. The summed E-state index contributed by atoms with van der Waals surface area (Å²) in [6, 6.07) is 20.9. The van der Waals surface area contributed by atoms with Crippen LogP contribution in [0.3, 0.4) is 0 Å². The summed E-state index contributed by atoms with van der Waals surface area (Å²) >= 11 is 0. The molecule has 2 aliphatic rings. The van der Waals surface area contributed by atoms with Crippen molar-refractivity contribution < 1.29 is 0 Å². The molecule has 1 saturated carbocycles. The summed E-state index contributed by atoms with van der Waals surface area (Å²) < 4.78 is 0. The molecule has 0 bridgehead atoms. The number of hydrogen-bond donors (Lipinski definition) is 1. The highest BCUT2D eigenvalue weighted by Gasteiger charge is 2.32. The molecule has 1 heterocycles. The van der Waals surface area contributed by atoms with Crippen LogP contribution in [-0.4, -0.2) is 31.1 Å². The number of rotatable bonds is 4. The van der Waals surface area contributed by atoms with Gasteiger partial charge in [0.05, 0.1) is 0 Å². The first-order chi connectivity index (χ1) is 12.4. The van der Waals surface area contributed by atoms with Gasteiger partial charge in [-0.2, -0.15) is 0 Å². The number of piperazine rings is 1. The Bertz CT molecular complexity index is 847. The van der Waals surface area contributed by atoms with Crippen molar-refractivity contribution in [2.24, 2.45) is 5.92 Å². The maximum absolute atomic E-state index is 3.52. The van der Waals surface area contributed by atoms with E-state index in [-0.39, 0.29) is 24.8 Å². The predicted molar refractivity (Wildman–Crippen MR) is 120 cm³/mol. The average molecular weight is 403 g/mol. The molecule has 5 rings (SSSR count). The lowest BCUT2D eigenvalue weighted by Gasteiger charge is -2.36. The van der Waals surface area contributed by atoms with Crippen LogP contribution >= 0.6 is 24.8 Å². The number of benzene rings is 3. The third kappa shape index (κ3) is 4.09. The molecule has 0 radical (unpaired) electrons. The van der Waals surface area contributed by atoms with Gasteiger partial charge in [0.2, 0.25) is 0 Å². The van der Waals surface area contributed by atoms with Crippen molar-refractivity contribution in [1.29, 1.82) is 0 Å². The predicted octanol–water partition coefficient (Wildman–Crippen LogP) is 5.58. The van der Waals surface area contributed by atoms with Crippen LogP contribution in [-0.2, 0) is 0 Å². The minimum absolute atomic E-state index is 0. The average Bonchev–Trinajstić information content (AvgIpc) is 3.49. The van der Waals surface area contributed by atoms with E-state index in [1.807, 2.05) is 0 Å². The van der Waals surface area contributed by atoms with E-state index in [0.717, 1.165) is 32.1 Å². The van der Waals surface area contributed by atoms with Crippen molar-refractivity contribution in [1.82, 2.24) is 10.2 Å². The minimum atomic E-state index is 0. The SMILES string of the molecule is Cl.Cl.c1ccc2c([C@@H](CC3CC3)N3CCNCC3)c3ccccc3cc2c1. The van der Waals surface area contributed by atoms with Crippen LogP contribution in [0, 0.1) is 5.92 Å². The van der Waals surface area contributed by atoms with E-state index in [4.69, 9.17) is 0 Å². The van der Waals surface area contributed by atoms with Crippen LogP contribution in [0.2, 0.25) is 0 Å². The van der Waals surface area contributed by atoms with E-state index < -0.39 is 0 Å². The number of nitrogens with zero attached hydrogens (tertiary/aromatic N) is 1. The lowest BCUT2D eigenvalue weighted by atomic mass is 9.88. The van der Waals surface area contributed by atoms with E-state index in [2.05, 4.69) is 64.8 Å². The second kappa shape index (κ2) is 8.79. The maximum Gasteiger partial charge on any atom is 0.0364 e. The zero-order chi connectivity index (χ0) is 16.6. The van der Waals surface area contributed by atoms with E-state index in [1.54, 1.807) is 5.56 Å². The van der Waals surface area contributed by atoms with E-state index >= 15 is 0 Å². The summed E-state index contributed by atoms with van der Waals surface area (Å²) in [6.07, 6.45) is 4.16. The third-order valence-electron chi connectivity index (χ3n) is 5.99. The molecule has 1 N–H and O–H groups in total. The normalized spacial score (nSPS) is 18.7. The van der Waals surface area contributed by atoms with E-state index in [0.29, 0.717) is 6.04 Å². The lowest BCUT2D eigenvalue weighted by molar-refractivity contribution is 0.162. The molecule has 0 spiro atoms.